The van der Waals surface area contributed by atoms with Crippen molar-refractivity contribution in [1.29, 1.82) is 0 Å². The lowest BCUT2D eigenvalue weighted by Crippen LogP contribution is -2.43. The van der Waals surface area contributed by atoms with E-state index < -0.39 is 12.0 Å². The highest BCUT2D eigenvalue weighted by molar-refractivity contribution is 5.86. The quantitative estimate of drug-likeness (QED) is 0.294. The summed E-state index contributed by atoms with van der Waals surface area (Å²) >= 11 is 0. The third-order valence-electron chi connectivity index (χ3n) is 6.39. The van der Waals surface area contributed by atoms with Gasteiger partial charge in [-0.15, -0.1) is 13.2 Å². The van der Waals surface area contributed by atoms with Crippen LogP contribution < -0.4 is 5.32 Å². The van der Waals surface area contributed by atoms with Crippen molar-refractivity contribution in [1.82, 2.24) is 10.2 Å². The number of esters is 1. The van der Waals surface area contributed by atoms with Gasteiger partial charge < -0.3 is 20.1 Å². The van der Waals surface area contributed by atoms with Crippen LogP contribution in [0.2, 0.25) is 0 Å². The predicted octanol–water partition coefficient (Wildman–Crippen LogP) is 3.43. The van der Waals surface area contributed by atoms with E-state index in [0.717, 1.165) is 18.4 Å². The standard InChI is InChI=1S/C28H40N2O5/c1-4-6-14-24(17-22-12-8-7-9-13-22)28(34)35-20-21(3)29-27(33)23(11-5-2)18-26(32)30-16-10-15-25(30)19-31/h4-5,7-9,12-13,21,23-25,31H,1-2,6,10-11,14-20H2,3H3,(H,29,33). The number of nitrogens with one attached hydrogen (secondary N) is 1. The Morgan fingerprint density at radius 3 is 2.60 bits per heavy atom. The summed E-state index contributed by atoms with van der Waals surface area (Å²) in [5, 5.41) is 12.4. The highest BCUT2D eigenvalue weighted by Gasteiger charge is 2.31. The van der Waals surface area contributed by atoms with Gasteiger partial charge in [-0.3, -0.25) is 14.4 Å². The summed E-state index contributed by atoms with van der Waals surface area (Å²) in [4.78, 5) is 40.1. The van der Waals surface area contributed by atoms with Crippen LogP contribution in [0.1, 0.15) is 51.0 Å². The lowest BCUT2D eigenvalue weighted by Gasteiger charge is -2.26. The van der Waals surface area contributed by atoms with Gasteiger partial charge >= 0.3 is 5.97 Å². The summed E-state index contributed by atoms with van der Waals surface area (Å²) in [6, 6.07) is 9.24. The van der Waals surface area contributed by atoms with E-state index in [1.54, 1.807) is 24.0 Å². The summed E-state index contributed by atoms with van der Waals surface area (Å²) < 4.78 is 5.56. The highest BCUT2D eigenvalue weighted by Crippen LogP contribution is 2.21. The second-order valence-electron chi connectivity index (χ2n) is 9.28. The number of allylic oxidation sites excluding steroid dienone is 2. The lowest BCUT2D eigenvalue weighted by atomic mass is 9.95. The van der Waals surface area contributed by atoms with Crippen molar-refractivity contribution >= 4 is 17.8 Å². The summed E-state index contributed by atoms with van der Waals surface area (Å²) in [6.07, 6.45) is 7.42. The Kier molecular flexibility index (Phi) is 12.2. The molecule has 4 atom stereocenters. The molecule has 1 saturated heterocycles. The van der Waals surface area contributed by atoms with E-state index in [1.807, 2.05) is 30.3 Å². The molecule has 1 heterocycles. The van der Waals surface area contributed by atoms with Gasteiger partial charge in [0, 0.05) is 13.0 Å². The van der Waals surface area contributed by atoms with E-state index in [-0.39, 0.29) is 49.4 Å². The summed E-state index contributed by atoms with van der Waals surface area (Å²) in [7, 11) is 0. The monoisotopic (exact) mass is 484 g/mol. The van der Waals surface area contributed by atoms with E-state index in [9.17, 15) is 19.5 Å². The minimum Gasteiger partial charge on any atom is -0.463 e. The minimum absolute atomic E-state index is 0.0530. The Labute approximate surface area is 209 Å². The number of nitrogens with zero attached hydrogens (tertiary/aromatic N) is 1. The molecule has 0 saturated carbocycles. The molecular formula is C28H40N2O5. The predicted molar refractivity (Wildman–Crippen MR) is 136 cm³/mol. The summed E-state index contributed by atoms with van der Waals surface area (Å²) in [5.41, 5.74) is 1.07. The SMILES string of the molecule is C=CCCC(Cc1ccccc1)C(=O)OCC(C)NC(=O)C(CC=C)CC(=O)N1CCCC1CO. The smallest absolute Gasteiger partial charge is 0.309 e. The fraction of sp³-hybridized carbons (Fsp3) is 0.536. The van der Waals surface area contributed by atoms with Crippen LogP contribution in [-0.2, 0) is 25.5 Å². The molecule has 2 amide bonds. The third-order valence-corrected chi connectivity index (χ3v) is 6.39. The van der Waals surface area contributed by atoms with Gasteiger partial charge in [0.15, 0.2) is 0 Å². The van der Waals surface area contributed by atoms with Gasteiger partial charge in [-0.25, -0.2) is 0 Å². The first kappa shape index (κ1) is 28.3. The molecular weight excluding hydrogens is 444 g/mol. The largest absolute Gasteiger partial charge is 0.463 e. The molecule has 1 aliphatic rings. The Bertz CT molecular complexity index is 841. The number of carbonyl (C=O) groups excluding carboxylic acids is 3. The van der Waals surface area contributed by atoms with Crippen molar-refractivity contribution in [3.63, 3.8) is 0 Å². The van der Waals surface area contributed by atoms with Crippen LogP contribution in [0.5, 0.6) is 0 Å². The number of aliphatic hydroxyl groups is 1. The average Bonchev–Trinajstić information content (AvgIpc) is 3.34. The van der Waals surface area contributed by atoms with E-state index in [0.29, 0.717) is 32.2 Å². The number of ether oxygens (including phenoxy) is 1. The van der Waals surface area contributed by atoms with Gasteiger partial charge in [0.2, 0.25) is 11.8 Å². The molecule has 2 rings (SSSR count). The first-order valence-electron chi connectivity index (χ1n) is 12.5. The Hall–Kier alpha value is -2.93. The molecule has 0 bridgehead atoms. The maximum Gasteiger partial charge on any atom is 0.309 e. The molecule has 1 aromatic rings. The number of carbonyl (C=O) groups is 3. The molecule has 2 N–H and O–H groups in total. The van der Waals surface area contributed by atoms with Crippen molar-refractivity contribution in [2.45, 2.75) is 64.0 Å². The van der Waals surface area contributed by atoms with Gasteiger partial charge in [-0.1, -0.05) is 42.5 Å². The van der Waals surface area contributed by atoms with Gasteiger partial charge in [0.05, 0.1) is 30.5 Å². The molecule has 0 aliphatic carbocycles. The zero-order chi connectivity index (χ0) is 25.6. The average molecular weight is 485 g/mol. The summed E-state index contributed by atoms with van der Waals surface area (Å²) in [6.45, 7) is 9.83. The van der Waals surface area contributed by atoms with Crippen molar-refractivity contribution < 1.29 is 24.2 Å². The molecule has 7 nitrogen and oxygen atoms in total. The number of hydrogen-bond donors (Lipinski definition) is 2. The number of aliphatic hydroxyl groups excluding tert-OH is 1. The minimum atomic E-state index is -0.559. The summed E-state index contributed by atoms with van der Waals surface area (Å²) in [5.74, 6) is -1.54. The fourth-order valence-corrected chi connectivity index (χ4v) is 4.41. The normalized spacial score (nSPS) is 17.8. The molecule has 7 heteroatoms. The van der Waals surface area contributed by atoms with Gasteiger partial charge in [-0.05, 0) is 51.0 Å². The van der Waals surface area contributed by atoms with E-state index in [4.69, 9.17) is 4.74 Å². The maximum absolute atomic E-state index is 12.9. The van der Waals surface area contributed by atoms with Gasteiger partial charge in [-0.2, -0.15) is 0 Å². The highest BCUT2D eigenvalue weighted by atomic mass is 16.5. The van der Waals surface area contributed by atoms with Crippen molar-refractivity contribution in [3.05, 3.63) is 61.2 Å². The van der Waals surface area contributed by atoms with Crippen LogP contribution in [-0.4, -0.2) is 59.6 Å². The molecule has 192 valence electrons. The number of hydrogen-bond acceptors (Lipinski definition) is 5. The van der Waals surface area contributed by atoms with Crippen LogP contribution in [0.25, 0.3) is 0 Å². The Balaban J connectivity index is 1.88. The van der Waals surface area contributed by atoms with E-state index in [2.05, 4.69) is 18.5 Å². The number of rotatable bonds is 15. The first-order chi connectivity index (χ1) is 16.9. The third kappa shape index (κ3) is 9.32. The van der Waals surface area contributed by atoms with Crippen LogP contribution >= 0.6 is 0 Å². The van der Waals surface area contributed by atoms with Crippen molar-refractivity contribution in [2.75, 3.05) is 19.8 Å². The van der Waals surface area contributed by atoms with E-state index in [1.165, 1.54) is 0 Å². The molecule has 4 unspecified atom stereocenters. The van der Waals surface area contributed by atoms with Crippen LogP contribution in [0, 0.1) is 11.8 Å². The zero-order valence-corrected chi connectivity index (χ0v) is 20.9. The molecule has 1 aliphatic heterocycles. The topological polar surface area (TPSA) is 95.9 Å². The second kappa shape index (κ2) is 15.1. The number of benzene rings is 1. The number of likely N-dealkylation sites (tertiary alicyclic amines) is 1. The molecule has 1 fully saturated rings. The van der Waals surface area contributed by atoms with Gasteiger partial charge in [0.1, 0.15) is 6.61 Å². The molecule has 1 aromatic carbocycles. The van der Waals surface area contributed by atoms with Crippen LogP contribution in [0.3, 0.4) is 0 Å². The van der Waals surface area contributed by atoms with Crippen molar-refractivity contribution in [3.8, 4) is 0 Å². The van der Waals surface area contributed by atoms with Gasteiger partial charge in [0.25, 0.3) is 0 Å². The second-order valence-corrected chi connectivity index (χ2v) is 9.28. The number of amides is 2. The zero-order valence-electron chi connectivity index (χ0n) is 20.9. The van der Waals surface area contributed by atoms with E-state index >= 15 is 0 Å². The van der Waals surface area contributed by atoms with Crippen LogP contribution in [0.15, 0.2) is 55.6 Å². The molecule has 0 spiro atoms. The molecule has 35 heavy (non-hydrogen) atoms. The van der Waals surface area contributed by atoms with Crippen molar-refractivity contribution in [2.24, 2.45) is 11.8 Å². The maximum atomic E-state index is 12.9. The first-order valence-corrected chi connectivity index (χ1v) is 12.5. The lowest BCUT2D eigenvalue weighted by molar-refractivity contribution is -0.150. The fourth-order valence-electron chi connectivity index (χ4n) is 4.41. The molecule has 0 radical (unpaired) electrons. The Morgan fingerprint density at radius 2 is 1.94 bits per heavy atom. The van der Waals surface area contributed by atoms with Crippen LogP contribution in [0.4, 0.5) is 0 Å². The Morgan fingerprint density at radius 1 is 1.20 bits per heavy atom. The molecule has 0 aromatic heterocycles.